The summed E-state index contributed by atoms with van der Waals surface area (Å²) < 4.78 is 22.5. The van der Waals surface area contributed by atoms with Gasteiger partial charge in [0.25, 0.3) is 0 Å². The minimum absolute atomic E-state index is 0.0776. The standard InChI is InChI=1S/C11H18N2O3S/c1-13(7-9(12)8-14)10-3-5-11(6-4-10)17(2,15)16/h3-6,9,14H,7-8,12H2,1-2H3. The van der Waals surface area contributed by atoms with Crippen molar-refractivity contribution in [2.75, 3.05) is 31.4 Å². The number of hydrogen-bond acceptors (Lipinski definition) is 5. The number of hydrogen-bond donors (Lipinski definition) is 2. The minimum Gasteiger partial charge on any atom is -0.395 e. The lowest BCUT2D eigenvalue weighted by Crippen LogP contribution is -2.37. The van der Waals surface area contributed by atoms with Crippen molar-refractivity contribution in [1.29, 1.82) is 0 Å². The third kappa shape index (κ3) is 3.99. The van der Waals surface area contributed by atoms with E-state index in [-0.39, 0.29) is 12.6 Å². The molecule has 0 amide bonds. The Labute approximate surface area is 102 Å². The van der Waals surface area contributed by atoms with E-state index in [4.69, 9.17) is 10.8 Å². The molecule has 0 heterocycles. The molecule has 5 nitrogen and oxygen atoms in total. The van der Waals surface area contributed by atoms with E-state index in [9.17, 15) is 8.42 Å². The van der Waals surface area contributed by atoms with Crippen LogP contribution in [-0.4, -0.2) is 46.0 Å². The predicted octanol–water partition coefficient (Wildman–Crippen LogP) is -0.154. The summed E-state index contributed by atoms with van der Waals surface area (Å²) in [5.74, 6) is 0. The van der Waals surface area contributed by atoms with Crippen LogP contribution in [0.2, 0.25) is 0 Å². The van der Waals surface area contributed by atoms with E-state index < -0.39 is 9.84 Å². The molecule has 1 atom stereocenters. The molecule has 1 unspecified atom stereocenters. The summed E-state index contributed by atoms with van der Waals surface area (Å²) in [5, 5.41) is 8.85. The van der Waals surface area contributed by atoms with Gasteiger partial charge < -0.3 is 15.7 Å². The van der Waals surface area contributed by atoms with Crippen molar-refractivity contribution < 1.29 is 13.5 Å². The van der Waals surface area contributed by atoms with Gasteiger partial charge in [0.05, 0.1) is 11.5 Å². The van der Waals surface area contributed by atoms with Gasteiger partial charge >= 0.3 is 0 Å². The van der Waals surface area contributed by atoms with Crippen LogP contribution in [0.1, 0.15) is 0 Å². The number of nitrogens with zero attached hydrogens (tertiary/aromatic N) is 1. The van der Waals surface area contributed by atoms with Gasteiger partial charge in [-0.05, 0) is 24.3 Å². The zero-order valence-electron chi connectivity index (χ0n) is 10.00. The third-order valence-electron chi connectivity index (χ3n) is 2.45. The lowest BCUT2D eigenvalue weighted by atomic mass is 10.2. The average molecular weight is 258 g/mol. The number of likely N-dealkylation sites (N-methyl/N-ethyl adjacent to an activating group) is 1. The Hall–Kier alpha value is -1.11. The first kappa shape index (κ1) is 14.0. The quantitative estimate of drug-likeness (QED) is 0.767. The molecule has 1 rings (SSSR count). The summed E-state index contributed by atoms with van der Waals surface area (Å²) in [4.78, 5) is 2.16. The molecule has 0 aliphatic carbocycles. The largest absolute Gasteiger partial charge is 0.395 e. The smallest absolute Gasteiger partial charge is 0.175 e. The molecule has 0 bridgehead atoms. The second-order valence-corrected chi connectivity index (χ2v) is 6.10. The number of benzene rings is 1. The fourth-order valence-corrected chi connectivity index (χ4v) is 2.09. The molecule has 6 heteroatoms. The number of nitrogens with two attached hydrogens (primary N) is 1. The first-order chi connectivity index (χ1) is 7.84. The van der Waals surface area contributed by atoms with Crippen molar-refractivity contribution in [2.24, 2.45) is 5.73 Å². The monoisotopic (exact) mass is 258 g/mol. The topological polar surface area (TPSA) is 83.6 Å². The molecule has 17 heavy (non-hydrogen) atoms. The summed E-state index contributed by atoms with van der Waals surface area (Å²) in [6.07, 6.45) is 1.17. The lowest BCUT2D eigenvalue weighted by molar-refractivity contribution is 0.267. The van der Waals surface area contributed by atoms with Gasteiger partial charge in [-0.1, -0.05) is 0 Å². The van der Waals surface area contributed by atoms with Crippen LogP contribution in [0.25, 0.3) is 0 Å². The SMILES string of the molecule is CN(CC(N)CO)c1ccc(S(C)(=O)=O)cc1. The zero-order valence-corrected chi connectivity index (χ0v) is 10.8. The second-order valence-electron chi connectivity index (χ2n) is 4.09. The van der Waals surface area contributed by atoms with Crippen LogP contribution >= 0.6 is 0 Å². The molecule has 0 saturated heterocycles. The lowest BCUT2D eigenvalue weighted by Gasteiger charge is -2.22. The summed E-state index contributed by atoms with van der Waals surface area (Å²) in [5.41, 5.74) is 6.49. The molecule has 1 aromatic rings. The summed E-state index contributed by atoms with van der Waals surface area (Å²) in [6, 6.07) is 6.26. The zero-order chi connectivity index (χ0) is 13.1. The molecule has 0 spiro atoms. The first-order valence-corrected chi connectivity index (χ1v) is 7.11. The molecular formula is C11H18N2O3S. The van der Waals surface area contributed by atoms with Crippen LogP contribution in [0.4, 0.5) is 5.69 Å². The summed E-state index contributed by atoms with van der Waals surface area (Å²) in [6.45, 7) is 0.431. The molecule has 0 radical (unpaired) electrons. The van der Waals surface area contributed by atoms with E-state index in [1.54, 1.807) is 24.3 Å². The average Bonchev–Trinajstić information content (AvgIpc) is 2.27. The number of aliphatic hydroxyl groups is 1. The van der Waals surface area contributed by atoms with Gasteiger partial charge in [-0.2, -0.15) is 0 Å². The van der Waals surface area contributed by atoms with E-state index in [1.807, 2.05) is 11.9 Å². The van der Waals surface area contributed by atoms with Gasteiger partial charge in [0.15, 0.2) is 9.84 Å². The van der Waals surface area contributed by atoms with Crippen LogP contribution in [-0.2, 0) is 9.84 Å². The summed E-state index contributed by atoms with van der Waals surface area (Å²) >= 11 is 0. The van der Waals surface area contributed by atoms with E-state index in [1.165, 1.54) is 6.26 Å². The van der Waals surface area contributed by atoms with Crippen LogP contribution < -0.4 is 10.6 Å². The molecule has 1 aromatic carbocycles. The van der Waals surface area contributed by atoms with E-state index in [2.05, 4.69) is 0 Å². The number of aliphatic hydroxyl groups excluding tert-OH is 1. The Bertz CT molecular complexity index is 456. The maximum Gasteiger partial charge on any atom is 0.175 e. The molecule has 3 N–H and O–H groups in total. The third-order valence-corrected chi connectivity index (χ3v) is 3.58. The molecular weight excluding hydrogens is 240 g/mol. The van der Waals surface area contributed by atoms with E-state index >= 15 is 0 Å². The van der Waals surface area contributed by atoms with Gasteiger partial charge in [0.1, 0.15) is 0 Å². The second kappa shape index (κ2) is 5.48. The van der Waals surface area contributed by atoms with Crippen LogP contribution in [0.5, 0.6) is 0 Å². The highest BCUT2D eigenvalue weighted by Gasteiger charge is 2.09. The highest BCUT2D eigenvalue weighted by atomic mass is 32.2. The van der Waals surface area contributed by atoms with Gasteiger partial charge in [0.2, 0.25) is 0 Å². The maximum absolute atomic E-state index is 11.3. The number of anilines is 1. The highest BCUT2D eigenvalue weighted by Crippen LogP contribution is 2.16. The molecule has 0 aromatic heterocycles. The Morgan fingerprint density at radius 1 is 1.35 bits per heavy atom. The van der Waals surface area contributed by atoms with Crippen molar-refractivity contribution in [3.63, 3.8) is 0 Å². The van der Waals surface area contributed by atoms with E-state index in [0.717, 1.165) is 5.69 Å². The van der Waals surface area contributed by atoms with Crippen molar-refractivity contribution >= 4 is 15.5 Å². The van der Waals surface area contributed by atoms with Gasteiger partial charge in [-0.15, -0.1) is 0 Å². The van der Waals surface area contributed by atoms with Crippen molar-refractivity contribution in [3.05, 3.63) is 24.3 Å². The van der Waals surface area contributed by atoms with Crippen molar-refractivity contribution in [1.82, 2.24) is 0 Å². The van der Waals surface area contributed by atoms with Crippen LogP contribution in [0.15, 0.2) is 29.2 Å². The molecule has 0 aliphatic rings. The molecule has 0 aliphatic heterocycles. The summed E-state index contributed by atoms with van der Waals surface area (Å²) in [7, 11) is -1.32. The fourth-order valence-electron chi connectivity index (χ4n) is 1.46. The Morgan fingerprint density at radius 2 is 1.88 bits per heavy atom. The van der Waals surface area contributed by atoms with Gasteiger partial charge in [-0.3, -0.25) is 0 Å². The maximum atomic E-state index is 11.3. The Kier molecular flexibility index (Phi) is 4.50. The van der Waals surface area contributed by atoms with Crippen molar-refractivity contribution in [3.8, 4) is 0 Å². The molecule has 96 valence electrons. The molecule has 0 saturated carbocycles. The first-order valence-electron chi connectivity index (χ1n) is 5.22. The van der Waals surface area contributed by atoms with Gasteiger partial charge in [-0.25, -0.2) is 8.42 Å². The van der Waals surface area contributed by atoms with Crippen LogP contribution in [0.3, 0.4) is 0 Å². The van der Waals surface area contributed by atoms with Crippen LogP contribution in [0, 0.1) is 0 Å². The number of rotatable bonds is 5. The van der Waals surface area contributed by atoms with Gasteiger partial charge in [0, 0.05) is 31.6 Å². The fraction of sp³-hybridized carbons (Fsp3) is 0.455. The minimum atomic E-state index is -3.16. The molecule has 0 fully saturated rings. The Morgan fingerprint density at radius 3 is 2.29 bits per heavy atom. The normalized spacial score (nSPS) is 13.4. The van der Waals surface area contributed by atoms with E-state index in [0.29, 0.717) is 11.4 Å². The number of sulfone groups is 1. The van der Waals surface area contributed by atoms with Crippen molar-refractivity contribution in [2.45, 2.75) is 10.9 Å². The Balaban J connectivity index is 2.81. The highest BCUT2D eigenvalue weighted by molar-refractivity contribution is 7.90. The predicted molar refractivity (Wildman–Crippen MR) is 67.9 cm³/mol.